The summed E-state index contributed by atoms with van der Waals surface area (Å²) in [5.41, 5.74) is 0.0894. The van der Waals surface area contributed by atoms with E-state index in [4.69, 9.17) is 11.6 Å². The van der Waals surface area contributed by atoms with Gasteiger partial charge in [0.25, 0.3) is 0 Å². The van der Waals surface area contributed by atoms with Crippen LogP contribution in [0.3, 0.4) is 0 Å². The van der Waals surface area contributed by atoms with Crippen molar-refractivity contribution in [3.05, 3.63) is 52.3 Å². The van der Waals surface area contributed by atoms with E-state index in [1.54, 1.807) is 0 Å². The average molecular weight is 316 g/mol. The summed E-state index contributed by atoms with van der Waals surface area (Å²) < 4.78 is 28.6. The van der Waals surface area contributed by atoms with Gasteiger partial charge in [0.2, 0.25) is 0 Å². The van der Waals surface area contributed by atoms with Gasteiger partial charge >= 0.3 is 0 Å². The number of hydrogen-bond acceptors (Lipinski definition) is 3. The van der Waals surface area contributed by atoms with Crippen LogP contribution in [0.2, 0.25) is 5.02 Å². The molecule has 0 amide bonds. The molecule has 0 saturated heterocycles. The summed E-state index contributed by atoms with van der Waals surface area (Å²) in [4.78, 5) is 1.94. The third kappa shape index (κ3) is 3.40. The van der Waals surface area contributed by atoms with E-state index in [0.717, 1.165) is 6.07 Å². The molecule has 2 aromatic rings. The molecule has 7 heteroatoms. The van der Waals surface area contributed by atoms with Crippen molar-refractivity contribution in [1.82, 2.24) is 14.7 Å². The van der Waals surface area contributed by atoms with Crippen LogP contribution in [0.25, 0.3) is 0 Å². The van der Waals surface area contributed by atoms with Gasteiger partial charge in [-0.2, -0.15) is 5.10 Å². The quantitative estimate of drug-likeness (QED) is 0.921. The fourth-order valence-corrected chi connectivity index (χ4v) is 2.24. The lowest BCUT2D eigenvalue weighted by molar-refractivity contribution is 0.199. The topological polar surface area (TPSA) is 41.3 Å². The second kappa shape index (κ2) is 6.51. The molecule has 0 fully saturated rings. The lowest BCUT2D eigenvalue weighted by Crippen LogP contribution is -2.21. The monoisotopic (exact) mass is 315 g/mol. The number of rotatable bonds is 5. The van der Waals surface area contributed by atoms with E-state index >= 15 is 0 Å². The first kappa shape index (κ1) is 15.9. The van der Waals surface area contributed by atoms with E-state index in [-0.39, 0.29) is 16.3 Å². The molecular weight excluding hydrogens is 300 g/mol. The van der Waals surface area contributed by atoms with E-state index in [1.807, 2.05) is 19.0 Å². The first-order valence-electron chi connectivity index (χ1n) is 6.39. The Kier molecular flexibility index (Phi) is 4.92. The number of aromatic nitrogens is 2. The molecule has 1 aromatic heterocycles. The summed E-state index contributed by atoms with van der Waals surface area (Å²) in [6.45, 7) is 1.15. The Morgan fingerprint density at radius 2 is 2.10 bits per heavy atom. The van der Waals surface area contributed by atoms with Gasteiger partial charge in [0.05, 0.1) is 23.5 Å². The Morgan fingerprint density at radius 3 is 2.76 bits per heavy atom. The zero-order valence-corrected chi connectivity index (χ0v) is 12.5. The molecule has 0 aliphatic heterocycles. The van der Waals surface area contributed by atoms with Gasteiger partial charge in [-0.1, -0.05) is 23.7 Å². The Morgan fingerprint density at radius 1 is 1.38 bits per heavy atom. The van der Waals surface area contributed by atoms with Gasteiger partial charge in [-0.3, -0.25) is 4.68 Å². The van der Waals surface area contributed by atoms with Gasteiger partial charge < -0.3 is 10.0 Å². The first-order valence-corrected chi connectivity index (χ1v) is 6.77. The van der Waals surface area contributed by atoms with Crippen LogP contribution in [0, 0.1) is 11.6 Å². The van der Waals surface area contributed by atoms with Crippen LogP contribution in [0.5, 0.6) is 0 Å². The number of aliphatic hydroxyl groups is 1. The van der Waals surface area contributed by atoms with Crippen molar-refractivity contribution in [2.24, 2.45) is 0 Å². The summed E-state index contributed by atoms with van der Waals surface area (Å²) in [5, 5.41) is 14.6. The summed E-state index contributed by atoms with van der Waals surface area (Å²) in [6, 6.07) is 3.66. The molecule has 0 radical (unpaired) electrons. The van der Waals surface area contributed by atoms with E-state index in [1.165, 1.54) is 23.0 Å². The number of hydrogen-bond donors (Lipinski definition) is 1. The van der Waals surface area contributed by atoms with Crippen LogP contribution in [-0.2, 0) is 6.54 Å². The highest BCUT2D eigenvalue weighted by molar-refractivity contribution is 6.31. The molecule has 1 atom stereocenters. The van der Waals surface area contributed by atoms with Gasteiger partial charge in [0.15, 0.2) is 11.6 Å². The molecule has 0 aliphatic carbocycles. The highest BCUT2D eigenvalue weighted by atomic mass is 35.5. The fourth-order valence-electron chi connectivity index (χ4n) is 2.00. The lowest BCUT2D eigenvalue weighted by Gasteiger charge is -2.17. The van der Waals surface area contributed by atoms with Crippen molar-refractivity contribution in [2.45, 2.75) is 12.6 Å². The van der Waals surface area contributed by atoms with Gasteiger partial charge in [0, 0.05) is 12.1 Å². The fraction of sp³-hybridized carbons (Fsp3) is 0.357. The van der Waals surface area contributed by atoms with E-state index in [0.29, 0.717) is 13.1 Å². The Bertz CT molecular complexity index is 631. The van der Waals surface area contributed by atoms with Crippen LogP contribution in [-0.4, -0.2) is 40.4 Å². The van der Waals surface area contributed by atoms with Crippen molar-refractivity contribution >= 4 is 11.6 Å². The van der Waals surface area contributed by atoms with E-state index in [2.05, 4.69) is 5.10 Å². The predicted octanol–water partition coefficient (Wildman–Crippen LogP) is 2.46. The summed E-state index contributed by atoms with van der Waals surface area (Å²) in [5.74, 6) is -2.09. The maximum atomic E-state index is 13.8. The molecule has 2 rings (SSSR count). The maximum Gasteiger partial charge on any atom is 0.165 e. The molecule has 114 valence electrons. The SMILES string of the molecule is CN(C)CCn1ncc(Cl)c1C(O)c1cccc(F)c1F. The van der Waals surface area contributed by atoms with Crippen molar-refractivity contribution in [3.8, 4) is 0 Å². The molecule has 0 bridgehead atoms. The minimum Gasteiger partial charge on any atom is -0.382 e. The molecule has 1 aromatic carbocycles. The molecule has 21 heavy (non-hydrogen) atoms. The van der Waals surface area contributed by atoms with E-state index < -0.39 is 17.7 Å². The van der Waals surface area contributed by atoms with E-state index in [9.17, 15) is 13.9 Å². The molecule has 1 N–H and O–H groups in total. The number of nitrogens with zero attached hydrogens (tertiary/aromatic N) is 3. The van der Waals surface area contributed by atoms with Gasteiger partial charge in [-0.25, -0.2) is 8.78 Å². The first-order chi connectivity index (χ1) is 9.91. The van der Waals surface area contributed by atoms with Crippen LogP contribution in [0.4, 0.5) is 8.78 Å². The molecule has 0 aliphatic rings. The number of benzene rings is 1. The lowest BCUT2D eigenvalue weighted by atomic mass is 10.1. The molecular formula is C14H16ClF2N3O. The standard InChI is InChI=1S/C14H16ClF2N3O/c1-19(2)6-7-20-13(10(15)8-18-20)14(21)9-4-3-5-11(16)12(9)17/h3-5,8,14,21H,6-7H2,1-2H3. The van der Waals surface area contributed by atoms with Crippen LogP contribution in [0.1, 0.15) is 17.4 Å². The van der Waals surface area contributed by atoms with Gasteiger partial charge in [-0.15, -0.1) is 0 Å². The third-order valence-corrected chi connectivity index (χ3v) is 3.42. The predicted molar refractivity (Wildman–Crippen MR) is 76.2 cm³/mol. The number of aliphatic hydroxyl groups excluding tert-OH is 1. The van der Waals surface area contributed by atoms with Crippen LogP contribution < -0.4 is 0 Å². The Balaban J connectivity index is 2.36. The van der Waals surface area contributed by atoms with Crippen molar-refractivity contribution < 1.29 is 13.9 Å². The summed E-state index contributed by atoms with van der Waals surface area (Å²) in [6.07, 6.45) is 0.00494. The highest BCUT2D eigenvalue weighted by Gasteiger charge is 2.24. The zero-order chi connectivity index (χ0) is 15.6. The minimum absolute atomic E-state index is 0.163. The molecule has 1 heterocycles. The number of halogens is 3. The van der Waals surface area contributed by atoms with Crippen LogP contribution >= 0.6 is 11.6 Å². The van der Waals surface area contributed by atoms with Gasteiger partial charge in [0.1, 0.15) is 6.10 Å². The average Bonchev–Trinajstić information content (AvgIpc) is 2.80. The smallest absolute Gasteiger partial charge is 0.165 e. The largest absolute Gasteiger partial charge is 0.382 e. The molecule has 1 unspecified atom stereocenters. The third-order valence-electron chi connectivity index (χ3n) is 3.13. The van der Waals surface area contributed by atoms with Crippen molar-refractivity contribution in [1.29, 1.82) is 0 Å². The molecule has 4 nitrogen and oxygen atoms in total. The van der Waals surface area contributed by atoms with Gasteiger partial charge in [-0.05, 0) is 20.2 Å². The second-order valence-electron chi connectivity index (χ2n) is 4.95. The highest BCUT2D eigenvalue weighted by Crippen LogP contribution is 2.30. The van der Waals surface area contributed by atoms with Crippen LogP contribution in [0.15, 0.2) is 24.4 Å². The normalized spacial score (nSPS) is 12.9. The Labute approximate surface area is 126 Å². The molecule has 0 saturated carbocycles. The summed E-state index contributed by atoms with van der Waals surface area (Å²) in [7, 11) is 3.79. The molecule has 0 spiro atoms. The Hall–Kier alpha value is -1.50. The minimum atomic E-state index is -1.38. The maximum absolute atomic E-state index is 13.8. The van der Waals surface area contributed by atoms with Crippen molar-refractivity contribution in [2.75, 3.05) is 20.6 Å². The summed E-state index contributed by atoms with van der Waals surface area (Å²) >= 11 is 6.02. The zero-order valence-electron chi connectivity index (χ0n) is 11.7. The number of likely N-dealkylation sites (N-methyl/N-ethyl adjacent to an activating group) is 1. The second-order valence-corrected chi connectivity index (χ2v) is 5.36. The van der Waals surface area contributed by atoms with Crippen molar-refractivity contribution in [3.63, 3.8) is 0 Å².